The third-order valence-electron chi connectivity index (χ3n) is 3.18. The lowest BCUT2D eigenvalue weighted by molar-refractivity contribution is -0.0918. The van der Waals surface area contributed by atoms with Gasteiger partial charge in [-0.1, -0.05) is 0 Å². The van der Waals surface area contributed by atoms with Crippen molar-refractivity contribution >= 4 is 0 Å². The third-order valence-corrected chi connectivity index (χ3v) is 3.18. The first-order chi connectivity index (χ1) is 5.81. The lowest BCUT2D eigenvalue weighted by atomic mass is 9.77. The minimum absolute atomic E-state index is 0.340. The van der Waals surface area contributed by atoms with E-state index < -0.39 is 0 Å². The molecule has 3 heteroatoms. The maximum atomic E-state index is 9.21. The number of rotatable bonds is 1. The van der Waals surface area contributed by atoms with E-state index in [4.69, 9.17) is 4.74 Å². The second kappa shape index (κ2) is 3.32. The molecule has 12 heavy (non-hydrogen) atoms. The number of ether oxygens (including phenoxy) is 1. The van der Waals surface area contributed by atoms with Crippen molar-refractivity contribution in [2.45, 2.75) is 0 Å². The second-order valence-electron chi connectivity index (χ2n) is 4.13. The van der Waals surface area contributed by atoms with Crippen LogP contribution in [0.25, 0.3) is 0 Å². The Balaban J connectivity index is 2.06. The molecule has 0 radical (unpaired) electrons. The van der Waals surface area contributed by atoms with Crippen molar-refractivity contribution in [1.82, 2.24) is 4.90 Å². The van der Waals surface area contributed by atoms with Crippen LogP contribution in [0.1, 0.15) is 0 Å². The molecule has 2 aliphatic rings. The molecular formula is C9H17NO2. The average Bonchev–Trinajstić information content (AvgIpc) is 2.02. The van der Waals surface area contributed by atoms with E-state index in [1.807, 2.05) is 0 Å². The second-order valence-corrected chi connectivity index (χ2v) is 4.13. The minimum Gasteiger partial charge on any atom is -0.396 e. The van der Waals surface area contributed by atoms with Gasteiger partial charge in [-0.3, -0.25) is 0 Å². The molecule has 3 nitrogen and oxygen atoms in total. The van der Waals surface area contributed by atoms with Gasteiger partial charge in [0.05, 0.1) is 13.2 Å². The predicted molar refractivity (Wildman–Crippen MR) is 45.9 cm³/mol. The summed E-state index contributed by atoms with van der Waals surface area (Å²) < 4.78 is 5.48. The summed E-state index contributed by atoms with van der Waals surface area (Å²) in [6.07, 6.45) is 0. The van der Waals surface area contributed by atoms with Crippen LogP contribution in [-0.2, 0) is 4.74 Å². The highest BCUT2D eigenvalue weighted by atomic mass is 16.5. The minimum atomic E-state index is 0.340. The van der Waals surface area contributed by atoms with Gasteiger partial charge >= 0.3 is 0 Å². The van der Waals surface area contributed by atoms with Crippen molar-refractivity contribution in [2.75, 3.05) is 40.0 Å². The molecule has 0 amide bonds. The fraction of sp³-hybridized carbons (Fsp3) is 1.00. The van der Waals surface area contributed by atoms with Gasteiger partial charge in [-0.05, 0) is 13.0 Å². The van der Waals surface area contributed by atoms with Crippen molar-refractivity contribution in [2.24, 2.45) is 17.8 Å². The standard InChI is InChI=1S/C9H17NO2/c1-10-2-7-5-12-6-8(3-10)9(7)4-11/h7-9,11H,2-6H2,1H3/t7-,8+,9?. The van der Waals surface area contributed by atoms with Gasteiger partial charge in [-0.2, -0.15) is 0 Å². The summed E-state index contributed by atoms with van der Waals surface area (Å²) in [6.45, 7) is 4.19. The van der Waals surface area contributed by atoms with Crippen molar-refractivity contribution in [3.8, 4) is 0 Å². The SMILES string of the molecule is CN1C[C@H]2COC[C@@H](C1)C2CO. The maximum absolute atomic E-state index is 9.21. The Hall–Kier alpha value is -0.120. The van der Waals surface area contributed by atoms with Crippen LogP contribution in [0, 0.1) is 17.8 Å². The highest BCUT2D eigenvalue weighted by molar-refractivity contribution is 4.87. The zero-order valence-electron chi connectivity index (χ0n) is 7.57. The molecule has 2 rings (SSSR count). The molecule has 0 saturated carbocycles. The van der Waals surface area contributed by atoms with Gasteiger partial charge in [0.2, 0.25) is 0 Å². The van der Waals surface area contributed by atoms with E-state index in [9.17, 15) is 5.11 Å². The number of hydrogen-bond donors (Lipinski definition) is 1. The van der Waals surface area contributed by atoms with Crippen LogP contribution >= 0.6 is 0 Å². The zero-order chi connectivity index (χ0) is 8.55. The van der Waals surface area contributed by atoms with Crippen LogP contribution < -0.4 is 0 Å². The fourth-order valence-electron chi connectivity index (χ4n) is 2.55. The van der Waals surface area contributed by atoms with E-state index in [-0.39, 0.29) is 0 Å². The van der Waals surface area contributed by atoms with Crippen LogP contribution in [0.5, 0.6) is 0 Å². The van der Waals surface area contributed by atoms with Crippen LogP contribution in [-0.4, -0.2) is 50.0 Å². The Morgan fingerprint density at radius 3 is 2.42 bits per heavy atom. The molecule has 1 unspecified atom stereocenters. The molecular weight excluding hydrogens is 154 g/mol. The molecule has 0 aromatic carbocycles. The van der Waals surface area contributed by atoms with Gasteiger partial charge < -0.3 is 14.7 Å². The molecule has 2 aliphatic heterocycles. The molecule has 2 saturated heterocycles. The summed E-state index contributed by atoms with van der Waals surface area (Å²) in [4.78, 5) is 2.35. The quantitative estimate of drug-likeness (QED) is 0.593. The molecule has 0 aliphatic carbocycles. The molecule has 3 atom stereocenters. The van der Waals surface area contributed by atoms with E-state index in [0.29, 0.717) is 24.4 Å². The van der Waals surface area contributed by atoms with Gasteiger partial charge in [0, 0.05) is 31.5 Å². The molecule has 0 spiro atoms. The maximum Gasteiger partial charge on any atom is 0.0510 e. The smallest absolute Gasteiger partial charge is 0.0510 e. The summed E-state index contributed by atoms with van der Waals surface area (Å²) in [7, 11) is 2.15. The number of aliphatic hydroxyl groups excluding tert-OH is 1. The van der Waals surface area contributed by atoms with Crippen molar-refractivity contribution < 1.29 is 9.84 Å². The van der Waals surface area contributed by atoms with E-state index in [1.165, 1.54) is 0 Å². The predicted octanol–water partition coefficient (Wildman–Crippen LogP) is -0.197. The van der Waals surface area contributed by atoms with E-state index >= 15 is 0 Å². The van der Waals surface area contributed by atoms with Crippen molar-refractivity contribution in [1.29, 1.82) is 0 Å². The average molecular weight is 171 g/mol. The van der Waals surface area contributed by atoms with Gasteiger partial charge in [0.1, 0.15) is 0 Å². The van der Waals surface area contributed by atoms with Gasteiger partial charge in [0.15, 0.2) is 0 Å². The highest BCUT2D eigenvalue weighted by Crippen LogP contribution is 2.31. The first kappa shape index (κ1) is 8.48. The fourth-order valence-corrected chi connectivity index (χ4v) is 2.55. The number of nitrogens with zero attached hydrogens (tertiary/aromatic N) is 1. The molecule has 0 aromatic heterocycles. The first-order valence-corrected chi connectivity index (χ1v) is 4.68. The van der Waals surface area contributed by atoms with Gasteiger partial charge in [0.25, 0.3) is 0 Å². The summed E-state index contributed by atoms with van der Waals surface area (Å²) in [5, 5.41) is 9.21. The topological polar surface area (TPSA) is 32.7 Å². The Labute approximate surface area is 73.3 Å². The normalized spacial score (nSPS) is 43.0. The zero-order valence-corrected chi connectivity index (χ0v) is 7.57. The van der Waals surface area contributed by atoms with Crippen molar-refractivity contribution in [3.05, 3.63) is 0 Å². The number of fused-ring (bicyclic) bond motifs is 2. The number of piperidine rings is 1. The van der Waals surface area contributed by atoms with E-state index in [1.54, 1.807) is 0 Å². The Bertz CT molecular complexity index is 149. The molecule has 2 heterocycles. The summed E-state index contributed by atoms with van der Waals surface area (Å²) >= 11 is 0. The molecule has 2 fully saturated rings. The van der Waals surface area contributed by atoms with Gasteiger partial charge in [-0.15, -0.1) is 0 Å². The number of likely N-dealkylation sites (tertiary alicyclic amines) is 1. The van der Waals surface area contributed by atoms with Crippen LogP contribution in [0.2, 0.25) is 0 Å². The lowest BCUT2D eigenvalue weighted by Gasteiger charge is -2.45. The summed E-state index contributed by atoms with van der Waals surface area (Å²) in [6, 6.07) is 0. The summed E-state index contributed by atoms with van der Waals surface area (Å²) in [5.74, 6) is 1.62. The summed E-state index contributed by atoms with van der Waals surface area (Å²) in [5.41, 5.74) is 0. The van der Waals surface area contributed by atoms with Crippen LogP contribution in [0.15, 0.2) is 0 Å². The Morgan fingerprint density at radius 2 is 1.92 bits per heavy atom. The van der Waals surface area contributed by atoms with Crippen LogP contribution in [0.3, 0.4) is 0 Å². The lowest BCUT2D eigenvalue weighted by Crippen LogP contribution is -2.52. The van der Waals surface area contributed by atoms with Crippen LogP contribution in [0.4, 0.5) is 0 Å². The van der Waals surface area contributed by atoms with Gasteiger partial charge in [-0.25, -0.2) is 0 Å². The highest BCUT2D eigenvalue weighted by Gasteiger charge is 2.38. The number of aliphatic hydroxyl groups is 1. The van der Waals surface area contributed by atoms with E-state index in [2.05, 4.69) is 11.9 Å². The Kier molecular flexibility index (Phi) is 2.35. The molecule has 70 valence electrons. The number of hydrogen-bond acceptors (Lipinski definition) is 3. The third kappa shape index (κ3) is 1.37. The largest absolute Gasteiger partial charge is 0.396 e. The monoisotopic (exact) mass is 171 g/mol. The Morgan fingerprint density at radius 1 is 1.33 bits per heavy atom. The van der Waals surface area contributed by atoms with E-state index in [0.717, 1.165) is 26.3 Å². The molecule has 0 aromatic rings. The molecule has 1 N–H and O–H groups in total. The first-order valence-electron chi connectivity index (χ1n) is 4.68. The molecule has 2 bridgehead atoms. The van der Waals surface area contributed by atoms with Crippen molar-refractivity contribution in [3.63, 3.8) is 0 Å².